The van der Waals surface area contributed by atoms with Gasteiger partial charge in [-0.05, 0) is 93.0 Å². The van der Waals surface area contributed by atoms with Crippen molar-refractivity contribution < 1.29 is 0 Å². The molecular weight excluding hydrogens is 705 g/mol. The SMILES string of the molecule is N#Cc1cccc(C(=N)/C=C(\NCc2cccc(-n3c4ccccc4c4cc5c(cc43)C(c3ccccc3)(c3ccccc3)c3ccccc3-5)c2)c2ccccc2)c1. The van der Waals surface area contributed by atoms with Crippen molar-refractivity contribution in [2.45, 2.75) is 12.0 Å². The van der Waals surface area contributed by atoms with E-state index in [0.29, 0.717) is 23.4 Å². The number of nitriles is 1. The molecule has 1 aliphatic carbocycles. The highest BCUT2D eigenvalue weighted by molar-refractivity contribution is 6.12. The van der Waals surface area contributed by atoms with Crippen molar-refractivity contribution >= 4 is 33.2 Å². The van der Waals surface area contributed by atoms with Gasteiger partial charge in [0.05, 0.1) is 33.8 Å². The Morgan fingerprint density at radius 3 is 1.98 bits per heavy atom. The Morgan fingerprint density at radius 2 is 1.22 bits per heavy atom. The molecule has 0 fully saturated rings. The largest absolute Gasteiger partial charge is 0.380 e. The summed E-state index contributed by atoms with van der Waals surface area (Å²) < 4.78 is 2.42. The molecule has 10 rings (SSSR count). The van der Waals surface area contributed by atoms with Gasteiger partial charge in [-0.1, -0.05) is 158 Å². The van der Waals surface area contributed by atoms with Crippen LogP contribution < -0.4 is 5.32 Å². The van der Waals surface area contributed by atoms with E-state index in [2.05, 4.69) is 162 Å². The fourth-order valence-corrected chi connectivity index (χ4v) is 9.02. The van der Waals surface area contributed by atoms with Gasteiger partial charge in [-0.25, -0.2) is 0 Å². The van der Waals surface area contributed by atoms with Gasteiger partial charge in [0, 0.05) is 34.3 Å². The lowest BCUT2D eigenvalue weighted by atomic mass is 9.67. The van der Waals surface area contributed by atoms with Gasteiger partial charge in [0.15, 0.2) is 0 Å². The lowest BCUT2D eigenvalue weighted by Crippen LogP contribution is -2.28. The van der Waals surface area contributed by atoms with Gasteiger partial charge < -0.3 is 15.3 Å². The number of nitrogens with one attached hydrogen (secondary N) is 2. The van der Waals surface area contributed by atoms with E-state index in [0.717, 1.165) is 33.5 Å². The summed E-state index contributed by atoms with van der Waals surface area (Å²) in [5.41, 5.74) is 15.0. The fraction of sp³-hybridized carbons (Fsp3) is 0.0370. The van der Waals surface area contributed by atoms with Gasteiger partial charge in [0.2, 0.25) is 0 Å². The average molecular weight is 743 g/mol. The van der Waals surface area contributed by atoms with Crippen LogP contribution in [-0.2, 0) is 12.0 Å². The van der Waals surface area contributed by atoms with E-state index < -0.39 is 5.41 Å². The van der Waals surface area contributed by atoms with Crippen LogP contribution in [0.1, 0.15) is 44.5 Å². The van der Waals surface area contributed by atoms with E-state index in [4.69, 9.17) is 5.41 Å². The molecule has 0 unspecified atom stereocenters. The molecule has 0 saturated heterocycles. The van der Waals surface area contributed by atoms with Crippen LogP contribution in [0, 0.1) is 16.7 Å². The quantitative estimate of drug-likeness (QED) is 0.145. The monoisotopic (exact) mass is 742 g/mol. The van der Waals surface area contributed by atoms with Crippen molar-refractivity contribution in [3.05, 3.63) is 251 Å². The molecule has 0 amide bonds. The molecule has 0 spiro atoms. The van der Waals surface area contributed by atoms with E-state index >= 15 is 0 Å². The van der Waals surface area contributed by atoms with Gasteiger partial charge in [-0.3, -0.25) is 0 Å². The van der Waals surface area contributed by atoms with E-state index in [1.54, 1.807) is 12.1 Å². The first-order valence-electron chi connectivity index (χ1n) is 19.6. The van der Waals surface area contributed by atoms with Crippen LogP contribution in [0.3, 0.4) is 0 Å². The van der Waals surface area contributed by atoms with Crippen LogP contribution in [-0.4, -0.2) is 10.3 Å². The molecule has 2 N–H and O–H groups in total. The number of hydrogen-bond donors (Lipinski definition) is 2. The predicted octanol–water partition coefficient (Wildman–Crippen LogP) is 12.2. The second-order valence-electron chi connectivity index (χ2n) is 14.8. The highest BCUT2D eigenvalue weighted by Crippen LogP contribution is 2.57. The predicted molar refractivity (Wildman–Crippen MR) is 237 cm³/mol. The van der Waals surface area contributed by atoms with Gasteiger partial charge in [-0.15, -0.1) is 0 Å². The standard InChI is InChI=1S/C54H38N4/c55-35-37-16-14-20-40(30-37)50(56)34-51(39-18-4-1-5-19-39)57-36-38-17-15-25-43(31-38)58-52-29-13-11-27-45(52)47-32-46-44-26-10-12-28-48(44)54(49(46)33-53(47)58,41-21-6-2-7-22-41)42-23-8-3-9-24-42/h1-34,56-57H,36H2/b51-34-,56-50?. The third-order valence-corrected chi connectivity index (χ3v) is 11.6. The van der Waals surface area contributed by atoms with Gasteiger partial charge in [-0.2, -0.15) is 5.26 Å². The zero-order valence-electron chi connectivity index (χ0n) is 31.7. The topological polar surface area (TPSA) is 64.6 Å². The number of rotatable bonds is 9. The average Bonchev–Trinajstić information content (AvgIpc) is 3.78. The summed E-state index contributed by atoms with van der Waals surface area (Å²) in [6.45, 7) is 0.549. The minimum atomic E-state index is -0.500. The first kappa shape index (κ1) is 34.7. The summed E-state index contributed by atoms with van der Waals surface area (Å²) in [6, 6.07) is 72.8. The molecule has 0 atom stereocenters. The molecule has 0 bridgehead atoms. The zero-order valence-corrected chi connectivity index (χ0v) is 31.7. The number of aromatic nitrogens is 1. The molecule has 274 valence electrons. The molecule has 0 saturated carbocycles. The number of allylic oxidation sites excluding steroid dienone is 1. The minimum Gasteiger partial charge on any atom is -0.380 e. The van der Waals surface area contributed by atoms with Crippen LogP contribution in [0.2, 0.25) is 0 Å². The molecule has 1 heterocycles. The highest BCUT2D eigenvalue weighted by atomic mass is 15.0. The molecule has 4 heteroatoms. The number of hydrogen-bond acceptors (Lipinski definition) is 3. The fourth-order valence-electron chi connectivity index (χ4n) is 9.02. The maximum atomic E-state index is 9.47. The molecule has 0 aliphatic heterocycles. The Labute approximate surface area is 338 Å². The van der Waals surface area contributed by atoms with E-state index in [-0.39, 0.29) is 0 Å². The molecule has 9 aromatic rings. The third kappa shape index (κ3) is 5.72. The normalized spacial score (nSPS) is 12.8. The second kappa shape index (κ2) is 14.4. The van der Waals surface area contributed by atoms with Crippen molar-refractivity contribution in [1.29, 1.82) is 10.7 Å². The maximum Gasteiger partial charge on any atom is 0.0991 e. The van der Waals surface area contributed by atoms with Crippen LogP contribution in [0.15, 0.2) is 206 Å². The molecule has 1 aromatic heterocycles. The highest BCUT2D eigenvalue weighted by Gasteiger charge is 2.46. The van der Waals surface area contributed by atoms with Crippen molar-refractivity contribution in [2.24, 2.45) is 0 Å². The van der Waals surface area contributed by atoms with Crippen molar-refractivity contribution in [3.8, 4) is 22.9 Å². The molecular formula is C54H38N4. The first-order chi connectivity index (χ1) is 28.6. The molecule has 4 nitrogen and oxygen atoms in total. The van der Waals surface area contributed by atoms with Crippen LogP contribution >= 0.6 is 0 Å². The smallest absolute Gasteiger partial charge is 0.0991 e. The summed E-state index contributed by atoms with van der Waals surface area (Å²) in [5, 5.41) is 24.5. The number of nitrogens with zero attached hydrogens (tertiary/aromatic N) is 2. The second-order valence-corrected chi connectivity index (χ2v) is 14.8. The Kier molecular flexibility index (Phi) is 8.62. The summed E-state index contributed by atoms with van der Waals surface area (Å²) in [7, 11) is 0. The molecule has 58 heavy (non-hydrogen) atoms. The van der Waals surface area contributed by atoms with E-state index in [1.807, 2.05) is 48.5 Å². The molecule has 8 aromatic carbocycles. The summed E-state index contributed by atoms with van der Waals surface area (Å²) in [6.07, 6.45) is 1.85. The Bertz CT molecular complexity index is 3040. The lowest BCUT2D eigenvalue weighted by Gasteiger charge is -2.34. The van der Waals surface area contributed by atoms with Gasteiger partial charge in [0.1, 0.15) is 0 Å². The third-order valence-electron chi connectivity index (χ3n) is 11.6. The van der Waals surface area contributed by atoms with E-state index in [1.165, 1.54) is 44.2 Å². The van der Waals surface area contributed by atoms with Crippen LogP contribution in [0.25, 0.3) is 44.3 Å². The van der Waals surface area contributed by atoms with Crippen molar-refractivity contribution in [3.63, 3.8) is 0 Å². The van der Waals surface area contributed by atoms with Crippen molar-refractivity contribution in [1.82, 2.24) is 9.88 Å². The molecule has 0 radical (unpaired) electrons. The summed E-state index contributed by atoms with van der Waals surface area (Å²) in [5.74, 6) is 0. The van der Waals surface area contributed by atoms with Crippen LogP contribution in [0.5, 0.6) is 0 Å². The Morgan fingerprint density at radius 1 is 0.569 bits per heavy atom. The van der Waals surface area contributed by atoms with E-state index in [9.17, 15) is 5.26 Å². The number of fused-ring (bicyclic) bond motifs is 6. The first-order valence-corrected chi connectivity index (χ1v) is 19.6. The summed E-state index contributed by atoms with van der Waals surface area (Å²) >= 11 is 0. The van der Waals surface area contributed by atoms with Crippen LogP contribution in [0.4, 0.5) is 0 Å². The van der Waals surface area contributed by atoms with Crippen molar-refractivity contribution in [2.75, 3.05) is 0 Å². The number of para-hydroxylation sites is 1. The van der Waals surface area contributed by atoms with Gasteiger partial charge >= 0.3 is 0 Å². The molecule has 1 aliphatic rings. The minimum absolute atomic E-state index is 0.333. The summed E-state index contributed by atoms with van der Waals surface area (Å²) in [4.78, 5) is 0. The maximum absolute atomic E-state index is 9.47. The number of benzene rings is 8. The Balaban J connectivity index is 1.11. The lowest BCUT2D eigenvalue weighted by molar-refractivity contribution is 0.769. The Hall–Kier alpha value is -7.74. The zero-order chi connectivity index (χ0) is 39.1. The van der Waals surface area contributed by atoms with Gasteiger partial charge in [0.25, 0.3) is 0 Å².